The summed E-state index contributed by atoms with van der Waals surface area (Å²) in [7, 11) is 0. The second-order valence-electron chi connectivity index (χ2n) is 2.69. The molecule has 0 saturated heterocycles. The van der Waals surface area contributed by atoms with Gasteiger partial charge in [-0.3, -0.25) is 0 Å². The Balaban J connectivity index is 2.51. The summed E-state index contributed by atoms with van der Waals surface area (Å²) in [6.45, 7) is 0. The van der Waals surface area contributed by atoms with Crippen LogP contribution in [0.25, 0.3) is 5.69 Å². The van der Waals surface area contributed by atoms with Crippen LogP contribution in [0.4, 0.5) is 10.2 Å². The molecule has 14 heavy (non-hydrogen) atoms. The molecule has 0 fully saturated rings. The highest BCUT2D eigenvalue weighted by Crippen LogP contribution is 2.16. The molecule has 0 amide bonds. The van der Waals surface area contributed by atoms with Crippen molar-refractivity contribution < 1.29 is 4.39 Å². The molecule has 1 aromatic carbocycles. The average Bonchev–Trinajstić information content (AvgIpc) is 2.50. The van der Waals surface area contributed by atoms with Crippen molar-refractivity contribution in [3.8, 4) is 5.69 Å². The van der Waals surface area contributed by atoms with Crippen LogP contribution < -0.4 is 5.73 Å². The summed E-state index contributed by atoms with van der Waals surface area (Å²) in [5.74, 6) is -0.172. The summed E-state index contributed by atoms with van der Waals surface area (Å²) in [6, 6.07) is 4.02. The van der Waals surface area contributed by atoms with E-state index >= 15 is 0 Å². The van der Waals surface area contributed by atoms with Crippen molar-refractivity contribution in [2.45, 2.75) is 0 Å². The fraction of sp³-hybridized carbons (Fsp3) is 0. The molecule has 4 nitrogen and oxygen atoms in total. The van der Waals surface area contributed by atoms with Crippen molar-refractivity contribution in [3.05, 3.63) is 35.2 Å². The van der Waals surface area contributed by atoms with Crippen LogP contribution in [0.3, 0.4) is 0 Å². The van der Waals surface area contributed by atoms with E-state index in [4.69, 9.17) is 17.3 Å². The Morgan fingerprint density at radius 3 is 2.71 bits per heavy atom. The Labute approximate surface area is 84.1 Å². The summed E-state index contributed by atoms with van der Waals surface area (Å²) < 4.78 is 12.9. The number of aromatic nitrogens is 3. The van der Waals surface area contributed by atoms with Gasteiger partial charge in [-0.15, -0.1) is 9.90 Å². The van der Waals surface area contributed by atoms with Gasteiger partial charge in [0.05, 0.1) is 11.9 Å². The van der Waals surface area contributed by atoms with Gasteiger partial charge in [0.15, 0.2) is 5.82 Å². The molecule has 0 bridgehead atoms. The Kier molecular flexibility index (Phi) is 2.09. The van der Waals surface area contributed by atoms with E-state index in [2.05, 4.69) is 10.2 Å². The summed E-state index contributed by atoms with van der Waals surface area (Å²) in [4.78, 5) is 1.21. The van der Waals surface area contributed by atoms with Crippen LogP contribution >= 0.6 is 11.6 Å². The third-order valence-electron chi connectivity index (χ3n) is 1.59. The van der Waals surface area contributed by atoms with Gasteiger partial charge in [-0.25, -0.2) is 4.39 Å². The van der Waals surface area contributed by atoms with Crippen molar-refractivity contribution in [3.63, 3.8) is 0 Å². The maximum atomic E-state index is 12.9. The van der Waals surface area contributed by atoms with Crippen LogP contribution in [0.2, 0.25) is 5.02 Å². The molecule has 72 valence electrons. The molecule has 2 N–H and O–H groups in total. The van der Waals surface area contributed by atoms with E-state index < -0.39 is 5.82 Å². The lowest BCUT2D eigenvalue weighted by Crippen LogP contribution is -1.99. The lowest BCUT2D eigenvalue weighted by atomic mass is 10.3. The largest absolute Gasteiger partial charge is 0.381 e. The third kappa shape index (κ3) is 1.67. The first-order valence-electron chi connectivity index (χ1n) is 3.79. The van der Waals surface area contributed by atoms with Crippen LogP contribution in [-0.4, -0.2) is 15.0 Å². The first-order valence-corrected chi connectivity index (χ1v) is 4.17. The van der Waals surface area contributed by atoms with E-state index in [9.17, 15) is 4.39 Å². The third-order valence-corrected chi connectivity index (χ3v) is 1.81. The first kappa shape index (κ1) is 8.96. The second-order valence-corrected chi connectivity index (χ2v) is 3.12. The van der Waals surface area contributed by atoms with E-state index in [1.165, 1.54) is 23.1 Å². The number of halogens is 2. The molecule has 6 heteroatoms. The minimum absolute atomic E-state index is 0.269. The quantitative estimate of drug-likeness (QED) is 0.782. The topological polar surface area (TPSA) is 56.7 Å². The Morgan fingerprint density at radius 1 is 1.36 bits per heavy atom. The summed E-state index contributed by atoms with van der Waals surface area (Å²) in [5, 5.41) is 7.93. The van der Waals surface area contributed by atoms with Gasteiger partial charge in [0, 0.05) is 11.1 Å². The number of nitrogens with two attached hydrogens (primary N) is 1. The van der Waals surface area contributed by atoms with Gasteiger partial charge in [-0.1, -0.05) is 11.6 Å². The lowest BCUT2D eigenvalue weighted by molar-refractivity contribution is 0.622. The number of rotatable bonds is 1. The summed E-state index contributed by atoms with van der Waals surface area (Å²) in [6.07, 6.45) is 1.37. The monoisotopic (exact) mass is 212 g/mol. The number of hydrogen-bond donors (Lipinski definition) is 1. The Morgan fingerprint density at radius 2 is 2.14 bits per heavy atom. The van der Waals surface area contributed by atoms with Crippen molar-refractivity contribution in [1.82, 2.24) is 15.0 Å². The normalized spacial score (nSPS) is 10.4. The van der Waals surface area contributed by atoms with Crippen LogP contribution in [-0.2, 0) is 0 Å². The zero-order chi connectivity index (χ0) is 10.1. The SMILES string of the molecule is Nc1cnn(-c2cc(F)cc(Cl)c2)n1. The van der Waals surface area contributed by atoms with E-state index in [1.54, 1.807) is 6.07 Å². The van der Waals surface area contributed by atoms with Gasteiger partial charge in [-0.05, 0) is 12.1 Å². The lowest BCUT2D eigenvalue weighted by Gasteiger charge is -1.99. The van der Waals surface area contributed by atoms with Crippen molar-refractivity contribution in [1.29, 1.82) is 0 Å². The molecule has 0 atom stereocenters. The van der Waals surface area contributed by atoms with Gasteiger partial charge < -0.3 is 5.73 Å². The highest BCUT2D eigenvalue weighted by atomic mass is 35.5. The maximum absolute atomic E-state index is 12.9. The van der Waals surface area contributed by atoms with Gasteiger partial charge in [-0.2, -0.15) is 5.10 Å². The molecule has 0 spiro atoms. The molecular weight excluding hydrogens is 207 g/mol. The fourth-order valence-electron chi connectivity index (χ4n) is 1.05. The molecule has 0 aliphatic carbocycles. The standard InChI is InChI=1S/C8H6ClFN4/c9-5-1-6(10)3-7(2-5)14-12-4-8(11)13-14/h1-4H,(H2,11,13). The first-order chi connectivity index (χ1) is 6.65. The molecular formula is C8H6ClFN4. The molecule has 2 rings (SSSR count). The number of hydrogen-bond acceptors (Lipinski definition) is 3. The number of benzene rings is 1. The van der Waals surface area contributed by atoms with E-state index in [0.29, 0.717) is 5.69 Å². The van der Waals surface area contributed by atoms with Crippen LogP contribution in [0.1, 0.15) is 0 Å². The van der Waals surface area contributed by atoms with Crippen molar-refractivity contribution >= 4 is 17.4 Å². The highest BCUT2D eigenvalue weighted by Gasteiger charge is 2.03. The molecule has 0 aliphatic heterocycles. The summed E-state index contributed by atoms with van der Waals surface area (Å²) in [5.41, 5.74) is 5.81. The molecule has 0 unspecified atom stereocenters. The molecule has 2 aromatic rings. The van der Waals surface area contributed by atoms with E-state index in [0.717, 1.165) is 0 Å². The summed E-state index contributed by atoms with van der Waals surface area (Å²) >= 11 is 5.67. The van der Waals surface area contributed by atoms with E-state index in [-0.39, 0.29) is 10.8 Å². The minimum Gasteiger partial charge on any atom is -0.381 e. The Hall–Kier alpha value is -1.62. The van der Waals surface area contributed by atoms with Gasteiger partial charge in [0.2, 0.25) is 0 Å². The zero-order valence-corrected chi connectivity index (χ0v) is 7.74. The maximum Gasteiger partial charge on any atom is 0.166 e. The molecule has 1 aromatic heterocycles. The van der Waals surface area contributed by atoms with Crippen LogP contribution in [0.15, 0.2) is 24.4 Å². The molecule has 0 saturated carbocycles. The van der Waals surface area contributed by atoms with Crippen molar-refractivity contribution in [2.75, 3.05) is 5.73 Å². The molecule has 0 aliphatic rings. The van der Waals surface area contributed by atoms with Gasteiger partial charge in [0.1, 0.15) is 5.82 Å². The number of nitrogen functional groups attached to an aromatic ring is 1. The Bertz CT molecular complexity index is 448. The predicted octanol–water partition coefficient (Wildman–Crippen LogP) is 1.64. The number of nitrogens with zero attached hydrogens (tertiary/aromatic N) is 3. The zero-order valence-electron chi connectivity index (χ0n) is 6.98. The average molecular weight is 213 g/mol. The smallest absolute Gasteiger partial charge is 0.166 e. The van der Waals surface area contributed by atoms with E-state index in [1.807, 2.05) is 0 Å². The highest BCUT2D eigenvalue weighted by molar-refractivity contribution is 6.30. The van der Waals surface area contributed by atoms with Crippen LogP contribution in [0, 0.1) is 5.82 Å². The van der Waals surface area contributed by atoms with Crippen LogP contribution in [0.5, 0.6) is 0 Å². The van der Waals surface area contributed by atoms with Gasteiger partial charge in [0.25, 0.3) is 0 Å². The predicted molar refractivity (Wildman–Crippen MR) is 50.7 cm³/mol. The number of anilines is 1. The molecule has 0 radical (unpaired) electrons. The molecule has 1 heterocycles. The van der Waals surface area contributed by atoms with Gasteiger partial charge >= 0.3 is 0 Å². The van der Waals surface area contributed by atoms with Crippen molar-refractivity contribution in [2.24, 2.45) is 0 Å². The minimum atomic E-state index is -0.441. The fourth-order valence-corrected chi connectivity index (χ4v) is 1.27. The second kappa shape index (κ2) is 3.26.